The molecule has 3 aliphatic rings. The molecule has 14 heteroatoms. The Morgan fingerprint density at radius 2 is 1.32 bits per heavy atom. The lowest BCUT2D eigenvalue weighted by Crippen LogP contribution is -2.42. The van der Waals surface area contributed by atoms with E-state index >= 15 is 0 Å². The van der Waals surface area contributed by atoms with Crippen molar-refractivity contribution in [2.24, 2.45) is 5.73 Å². The van der Waals surface area contributed by atoms with Crippen LogP contribution in [-0.2, 0) is 16.6 Å². The van der Waals surface area contributed by atoms with E-state index in [9.17, 15) is 18.4 Å². The summed E-state index contributed by atoms with van der Waals surface area (Å²) in [6.07, 6.45) is 7.70. The fourth-order valence-corrected chi connectivity index (χ4v) is 7.11. The Balaban J connectivity index is 0.000000202. The van der Waals surface area contributed by atoms with Crippen molar-refractivity contribution in [1.82, 2.24) is 24.7 Å². The van der Waals surface area contributed by atoms with Crippen molar-refractivity contribution >= 4 is 27.8 Å². The molecule has 2 saturated heterocycles. The summed E-state index contributed by atoms with van der Waals surface area (Å²) in [5.41, 5.74) is 8.38. The van der Waals surface area contributed by atoms with Gasteiger partial charge in [-0.15, -0.1) is 0 Å². The van der Waals surface area contributed by atoms with E-state index in [1.165, 1.54) is 24.3 Å². The second-order valence-corrected chi connectivity index (χ2v) is 14.2. The molecule has 0 bridgehead atoms. The van der Waals surface area contributed by atoms with Crippen molar-refractivity contribution < 1.29 is 32.6 Å². The monoisotopic (exact) mass is 852 g/mol. The molecule has 2 N–H and O–H groups in total. The molecule has 0 unspecified atom stereocenters. The molecule has 5 heterocycles. The molecule has 1 amide bonds. The van der Waals surface area contributed by atoms with Gasteiger partial charge in [-0.05, 0) is 105 Å². The van der Waals surface area contributed by atoms with Gasteiger partial charge in [0.2, 0.25) is 0 Å². The fraction of sp³-hybridized carbons (Fsp3) is 0.442. The smallest absolute Gasteiger partial charge is 0.340 e. The van der Waals surface area contributed by atoms with Crippen LogP contribution in [0.2, 0.25) is 0 Å². The van der Waals surface area contributed by atoms with Crippen LogP contribution in [0.4, 0.5) is 8.78 Å². The second-order valence-electron chi connectivity index (χ2n) is 13.6. The van der Waals surface area contributed by atoms with E-state index in [2.05, 4.69) is 35.7 Å². The van der Waals surface area contributed by atoms with Crippen molar-refractivity contribution in [3.8, 4) is 11.5 Å². The Labute approximate surface area is 343 Å². The number of halogens is 3. The summed E-state index contributed by atoms with van der Waals surface area (Å²) in [7, 11) is 0. The van der Waals surface area contributed by atoms with Gasteiger partial charge in [-0.3, -0.25) is 14.8 Å². The van der Waals surface area contributed by atoms with E-state index in [0.717, 1.165) is 94.3 Å². The average Bonchev–Trinajstić information content (AvgIpc) is 3.55. The zero-order valence-corrected chi connectivity index (χ0v) is 33.4. The minimum Gasteiger partial charge on any atom is -0.490 e. The van der Waals surface area contributed by atoms with E-state index in [0.29, 0.717) is 36.3 Å². The van der Waals surface area contributed by atoms with Crippen molar-refractivity contribution in [2.75, 3.05) is 59.0 Å². The largest absolute Gasteiger partial charge is 0.490 e. The van der Waals surface area contributed by atoms with E-state index in [-0.39, 0.29) is 43.1 Å². The quantitative estimate of drug-likeness (QED) is 0.116. The molecule has 0 spiro atoms. The van der Waals surface area contributed by atoms with Gasteiger partial charge in [0.1, 0.15) is 35.3 Å². The first-order chi connectivity index (χ1) is 27.3. The number of carbonyl (C=O) groups is 2. The first-order valence-corrected chi connectivity index (χ1v) is 20.3. The summed E-state index contributed by atoms with van der Waals surface area (Å²) in [4.78, 5) is 38.7. The van der Waals surface area contributed by atoms with E-state index in [4.69, 9.17) is 19.9 Å². The number of hydrogen-bond acceptors (Lipinski definition) is 10. The summed E-state index contributed by atoms with van der Waals surface area (Å²) in [6, 6.07) is 19.5. The fourth-order valence-electron chi connectivity index (χ4n) is 6.66. The lowest BCUT2D eigenvalue weighted by Gasteiger charge is -2.33. The normalized spacial score (nSPS) is 15.9. The van der Waals surface area contributed by atoms with Gasteiger partial charge in [-0.2, -0.15) is 0 Å². The Morgan fingerprint density at radius 3 is 1.82 bits per heavy atom. The summed E-state index contributed by atoms with van der Waals surface area (Å²) >= 11 is 3.26. The maximum absolute atomic E-state index is 12.9. The number of piperidine rings is 2. The third-order valence-electron chi connectivity index (χ3n) is 9.69. The maximum atomic E-state index is 12.9. The summed E-state index contributed by atoms with van der Waals surface area (Å²) < 4.78 is 42.3. The number of amides is 1. The lowest BCUT2D eigenvalue weighted by molar-refractivity contribution is 0.0524. The van der Waals surface area contributed by atoms with Gasteiger partial charge in [-0.25, -0.2) is 13.6 Å². The Hall–Kier alpha value is -4.50. The average molecular weight is 854 g/mol. The highest BCUT2D eigenvalue weighted by Gasteiger charge is 2.29. The van der Waals surface area contributed by atoms with Crippen LogP contribution in [0.1, 0.15) is 72.1 Å². The molecule has 57 heavy (non-hydrogen) atoms. The minimum absolute atomic E-state index is 0. The van der Waals surface area contributed by atoms with E-state index in [1.54, 1.807) is 55.7 Å². The van der Waals surface area contributed by atoms with Crippen molar-refractivity contribution in [3.63, 3.8) is 0 Å². The topological polar surface area (TPSA) is 123 Å². The molecule has 0 radical (unpaired) electrons. The third-order valence-corrected chi connectivity index (χ3v) is 10.2. The molecule has 4 aromatic rings. The van der Waals surface area contributed by atoms with Gasteiger partial charge >= 0.3 is 5.97 Å². The second kappa shape index (κ2) is 23.7. The highest BCUT2D eigenvalue weighted by Crippen LogP contribution is 2.23. The van der Waals surface area contributed by atoms with Gasteiger partial charge in [0.05, 0.1) is 35.7 Å². The summed E-state index contributed by atoms with van der Waals surface area (Å²) in [6.45, 7) is 9.98. The van der Waals surface area contributed by atoms with Crippen molar-refractivity contribution in [3.05, 3.63) is 119 Å². The SMILES string of the molecule is C.CCOC(=O)c1cccnc1CBr.NCCN1CCC(Oc2ccc(F)cc2)CC1.O=C1c2cccnc2CN1CCN1CCC(Oc2ccc(F)cc2)CC1. The number of benzene rings is 2. The summed E-state index contributed by atoms with van der Waals surface area (Å²) in [5.74, 6) is 0.769. The standard InChI is InChI=1S/C20H22FN3O2.C13H19FN2O.C9H10BrNO2.CH4/c21-15-3-5-16(6-4-15)26-17-7-10-23(11-8-17)12-13-24-14-19-18(20(24)25)2-1-9-22-19;14-11-1-3-12(4-2-11)17-13-5-8-16(9-6-13)10-7-15;1-2-13-9(12)7-4-3-5-11-8(7)6-10;/h1-6,9,17H,7-8,10-14H2;1-4,13H,5-10,15H2;3-5H,2,6H2,1H3;1H4. The molecule has 0 atom stereocenters. The van der Waals surface area contributed by atoms with Crippen LogP contribution in [0.25, 0.3) is 0 Å². The third kappa shape index (κ3) is 14.1. The van der Waals surface area contributed by atoms with Crippen LogP contribution in [0, 0.1) is 11.6 Å². The number of esters is 1. The predicted octanol–water partition coefficient (Wildman–Crippen LogP) is 7.14. The van der Waals surface area contributed by atoms with Gasteiger partial charge < -0.3 is 34.6 Å². The van der Waals surface area contributed by atoms with Crippen LogP contribution >= 0.6 is 15.9 Å². The zero-order valence-electron chi connectivity index (χ0n) is 31.8. The van der Waals surface area contributed by atoms with Crippen LogP contribution in [0.3, 0.4) is 0 Å². The molecule has 11 nitrogen and oxygen atoms in total. The van der Waals surface area contributed by atoms with E-state index < -0.39 is 0 Å². The first kappa shape index (κ1) is 45.2. The first-order valence-electron chi connectivity index (χ1n) is 19.2. The molecular formula is C43H55BrF2N6O5. The Bertz CT molecular complexity index is 1810. The Morgan fingerprint density at radius 1 is 0.789 bits per heavy atom. The number of aromatic nitrogens is 2. The van der Waals surface area contributed by atoms with Crippen molar-refractivity contribution in [1.29, 1.82) is 0 Å². The zero-order chi connectivity index (χ0) is 39.7. The maximum Gasteiger partial charge on any atom is 0.340 e. The number of alkyl halides is 1. The van der Waals surface area contributed by atoms with Gasteiger partial charge in [0, 0.05) is 70.1 Å². The number of hydrogen-bond donors (Lipinski definition) is 1. The number of carbonyl (C=O) groups excluding carboxylic acids is 2. The molecular weight excluding hydrogens is 798 g/mol. The molecule has 0 saturated carbocycles. The highest BCUT2D eigenvalue weighted by molar-refractivity contribution is 9.08. The van der Waals surface area contributed by atoms with E-state index in [1.807, 2.05) is 17.0 Å². The van der Waals surface area contributed by atoms with Crippen LogP contribution < -0.4 is 15.2 Å². The number of likely N-dealkylation sites (tertiary alicyclic amines) is 2. The van der Waals surface area contributed by atoms with Crippen LogP contribution in [0.15, 0.2) is 85.2 Å². The molecule has 2 fully saturated rings. The molecule has 7 rings (SSSR count). The Kier molecular flexibility index (Phi) is 18.8. The van der Waals surface area contributed by atoms with Gasteiger partial charge in [0.25, 0.3) is 5.91 Å². The van der Waals surface area contributed by atoms with Crippen molar-refractivity contribution in [2.45, 2.75) is 64.1 Å². The van der Waals surface area contributed by atoms with Gasteiger partial charge in [0.15, 0.2) is 0 Å². The number of rotatable bonds is 12. The molecule has 2 aromatic heterocycles. The number of nitrogens with two attached hydrogens (primary N) is 1. The minimum atomic E-state index is -0.315. The number of pyridine rings is 2. The van der Waals surface area contributed by atoms with Crippen LogP contribution in [-0.4, -0.2) is 108 Å². The predicted molar refractivity (Wildman–Crippen MR) is 221 cm³/mol. The van der Waals surface area contributed by atoms with Gasteiger partial charge in [-0.1, -0.05) is 23.4 Å². The molecule has 3 aliphatic heterocycles. The highest BCUT2D eigenvalue weighted by atomic mass is 79.9. The number of nitrogens with zero attached hydrogens (tertiary/aromatic N) is 5. The molecule has 2 aromatic carbocycles. The van der Waals surface area contributed by atoms with Crippen LogP contribution in [0.5, 0.6) is 11.5 Å². The molecule has 0 aliphatic carbocycles. The number of ether oxygens (including phenoxy) is 3. The molecule has 308 valence electrons. The summed E-state index contributed by atoms with van der Waals surface area (Å²) in [5, 5.41) is 0.558. The lowest BCUT2D eigenvalue weighted by atomic mass is 10.1. The number of fused-ring (bicyclic) bond motifs is 1.